The summed E-state index contributed by atoms with van der Waals surface area (Å²) < 4.78 is 8.07. The highest BCUT2D eigenvalue weighted by molar-refractivity contribution is 5.18. The minimum absolute atomic E-state index is 0.533. The fraction of sp³-hybridized carbons (Fsp3) is 0.778. The zero-order valence-electron chi connectivity index (χ0n) is 13.4. The Labute approximate surface area is 129 Å². The SMILES string of the molecule is CCCNC(c1ccn(CCCC2CCCO2)c1)C1CC1. The van der Waals surface area contributed by atoms with Crippen molar-refractivity contribution in [3.63, 3.8) is 0 Å². The van der Waals surface area contributed by atoms with Crippen LogP contribution >= 0.6 is 0 Å². The predicted octanol–water partition coefficient (Wildman–Crippen LogP) is 3.90. The molecule has 2 fully saturated rings. The molecule has 0 radical (unpaired) electrons. The largest absolute Gasteiger partial charge is 0.378 e. The Balaban J connectivity index is 1.47. The van der Waals surface area contributed by atoms with Crippen molar-refractivity contribution in [1.29, 1.82) is 0 Å². The van der Waals surface area contributed by atoms with Crippen molar-refractivity contribution in [2.75, 3.05) is 13.2 Å². The third-order valence-electron chi connectivity index (χ3n) is 4.81. The van der Waals surface area contributed by atoms with Crippen LogP contribution in [0.4, 0.5) is 0 Å². The molecule has 3 heteroatoms. The van der Waals surface area contributed by atoms with E-state index in [1.807, 2.05) is 0 Å². The number of hydrogen-bond donors (Lipinski definition) is 1. The summed E-state index contributed by atoms with van der Waals surface area (Å²) >= 11 is 0. The molecule has 1 saturated carbocycles. The fourth-order valence-electron chi connectivity index (χ4n) is 3.44. The standard InChI is InChI=1S/C18H30N2O/c1-2-10-19-18(15-7-8-15)16-9-12-20(14-16)11-3-5-17-6-4-13-21-17/h9,12,14-15,17-19H,2-8,10-11,13H2,1H3. The van der Waals surface area contributed by atoms with Crippen molar-refractivity contribution in [3.8, 4) is 0 Å². The molecule has 0 aromatic carbocycles. The Morgan fingerprint density at radius 2 is 2.29 bits per heavy atom. The topological polar surface area (TPSA) is 26.2 Å². The maximum atomic E-state index is 5.70. The van der Waals surface area contributed by atoms with Gasteiger partial charge >= 0.3 is 0 Å². The van der Waals surface area contributed by atoms with Gasteiger partial charge in [-0.3, -0.25) is 0 Å². The van der Waals surface area contributed by atoms with Crippen molar-refractivity contribution in [1.82, 2.24) is 9.88 Å². The van der Waals surface area contributed by atoms with Gasteiger partial charge in [-0.2, -0.15) is 0 Å². The molecule has 0 bridgehead atoms. The minimum Gasteiger partial charge on any atom is -0.378 e. The molecule has 1 N–H and O–H groups in total. The summed E-state index contributed by atoms with van der Waals surface area (Å²) in [5.41, 5.74) is 1.49. The Bertz CT molecular complexity index is 419. The smallest absolute Gasteiger partial charge is 0.0576 e. The van der Waals surface area contributed by atoms with Crippen LogP contribution < -0.4 is 5.32 Å². The van der Waals surface area contributed by atoms with Crippen molar-refractivity contribution in [3.05, 3.63) is 24.0 Å². The molecule has 2 unspecified atom stereocenters. The van der Waals surface area contributed by atoms with E-state index in [0.717, 1.165) is 25.6 Å². The lowest BCUT2D eigenvalue weighted by Crippen LogP contribution is -2.23. The summed E-state index contributed by atoms with van der Waals surface area (Å²) in [4.78, 5) is 0. The Morgan fingerprint density at radius 1 is 1.38 bits per heavy atom. The summed E-state index contributed by atoms with van der Waals surface area (Å²) in [5.74, 6) is 0.874. The highest BCUT2D eigenvalue weighted by Gasteiger charge is 2.32. The van der Waals surface area contributed by atoms with Crippen LogP contribution in [0.15, 0.2) is 18.5 Å². The lowest BCUT2D eigenvalue weighted by molar-refractivity contribution is 0.101. The van der Waals surface area contributed by atoms with Crippen LogP contribution in [0.25, 0.3) is 0 Å². The molecule has 118 valence electrons. The third-order valence-corrected chi connectivity index (χ3v) is 4.81. The number of aromatic nitrogens is 1. The van der Waals surface area contributed by atoms with Gasteiger partial charge in [0.15, 0.2) is 0 Å². The molecule has 0 amide bonds. The molecule has 1 aliphatic heterocycles. The van der Waals surface area contributed by atoms with Crippen LogP contribution in [0.1, 0.15) is 63.5 Å². The minimum atomic E-state index is 0.533. The molecule has 2 atom stereocenters. The van der Waals surface area contributed by atoms with Crippen LogP contribution in [0.3, 0.4) is 0 Å². The van der Waals surface area contributed by atoms with Crippen molar-refractivity contribution in [2.45, 2.75) is 70.6 Å². The first kappa shape index (κ1) is 15.1. The van der Waals surface area contributed by atoms with Gasteiger partial charge in [0.05, 0.1) is 6.10 Å². The van der Waals surface area contributed by atoms with Gasteiger partial charge in [-0.25, -0.2) is 0 Å². The van der Waals surface area contributed by atoms with E-state index in [-0.39, 0.29) is 0 Å². The molecule has 3 rings (SSSR count). The predicted molar refractivity (Wildman–Crippen MR) is 86.4 cm³/mol. The molecule has 2 aliphatic rings. The molecular weight excluding hydrogens is 260 g/mol. The van der Waals surface area contributed by atoms with Crippen molar-refractivity contribution < 1.29 is 4.74 Å². The average molecular weight is 290 g/mol. The van der Waals surface area contributed by atoms with Crippen LogP contribution in [-0.4, -0.2) is 23.8 Å². The van der Waals surface area contributed by atoms with E-state index in [2.05, 4.69) is 35.3 Å². The summed E-state index contributed by atoms with van der Waals surface area (Å²) in [7, 11) is 0. The number of aryl methyl sites for hydroxylation is 1. The summed E-state index contributed by atoms with van der Waals surface area (Å²) in [5, 5.41) is 3.73. The highest BCUT2D eigenvalue weighted by atomic mass is 16.5. The van der Waals surface area contributed by atoms with E-state index in [0.29, 0.717) is 12.1 Å². The van der Waals surface area contributed by atoms with Gasteiger partial charge in [-0.05, 0) is 69.0 Å². The van der Waals surface area contributed by atoms with E-state index in [1.54, 1.807) is 0 Å². The van der Waals surface area contributed by atoms with Crippen molar-refractivity contribution >= 4 is 0 Å². The molecule has 0 spiro atoms. The van der Waals surface area contributed by atoms with Crippen LogP contribution in [-0.2, 0) is 11.3 Å². The van der Waals surface area contributed by atoms with E-state index >= 15 is 0 Å². The number of nitrogens with one attached hydrogen (secondary N) is 1. The lowest BCUT2D eigenvalue weighted by atomic mass is 10.1. The monoisotopic (exact) mass is 290 g/mol. The zero-order valence-corrected chi connectivity index (χ0v) is 13.4. The average Bonchev–Trinajstić information content (AvgIpc) is 3.00. The second kappa shape index (κ2) is 7.46. The maximum Gasteiger partial charge on any atom is 0.0576 e. The Morgan fingerprint density at radius 3 is 3.00 bits per heavy atom. The molecule has 1 aliphatic carbocycles. The van der Waals surface area contributed by atoms with Gasteiger partial charge < -0.3 is 14.6 Å². The van der Waals surface area contributed by atoms with Gasteiger partial charge in [0, 0.05) is 31.6 Å². The number of nitrogens with zero attached hydrogens (tertiary/aromatic N) is 1. The first-order chi connectivity index (χ1) is 10.4. The summed E-state index contributed by atoms with van der Waals surface area (Å²) in [6.45, 7) is 5.48. The van der Waals surface area contributed by atoms with Gasteiger partial charge in [0.1, 0.15) is 0 Å². The normalized spacial score (nSPS) is 23.6. The summed E-state index contributed by atoms with van der Waals surface area (Å²) in [6, 6.07) is 2.90. The molecule has 3 nitrogen and oxygen atoms in total. The van der Waals surface area contributed by atoms with E-state index < -0.39 is 0 Å². The first-order valence-corrected chi connectivity index (χ1v) is 8.87. The third kappa shape index (κ3) is 4.33. The Hall–Kier alpha value is -0.800. The van der Waals surface area contributed by atoms with Gasteiger partial charge in [-0.1, -0.05) is 6.92 Å². The van der Waals surface area contributed by atoms with Gasteiger partial charge in [-0.15, -0.1) is 0 Å². The molecule has 1 aromatic heterocycles. The fourth-order valence-corrected chi connectivity index (χ4v) is 3.44. The lowest BCUT2D eigenvalue weighted by Gasteiger charge is -2.16. The highest BCUT2D eigenvalue weighted by Crippen LogP contribution is 2.41. The first-order valence-electron chi connectivity index (χ1n) is 8.87. The maximum absolute atomic E-state index is 5.70. The molecule has 1 aromatic rings. The van der Waals surface area contributed by atoms with E-state index in [1.165, 1.54) is 50.5 Å². The second-order valence-electron chi connectivity index (χ2n) is 6.73. The van der Waals surface area contributed by atoms with Crippen LogP contribution in [0.5, 0.6) is 0 Å². The summed E-state index contributed by atoms with van der Waals surface area (Å²) in [6.07, 6.45) is 14.1. The van der Waals surface area contributed by atoms with E-state index in [4.69, 9.17) is 4.74 Å². The number of hydrogen-bond acceptors (Lipinski definition) is 2. The molecule has 2 heterocycles. The molecule has 1 saturated heterocycles. The molecular formula is C18H30N2O. The van der Waals surface area contributed by atoms with Gasteiger partial charge in [0.2, 0.25) is 0 Å². The van der Waals surface area contributed by atoms with Crippen molar-refractivity contribution in [2.24, 2.45) is 5.92 Å². The van der Waals surface area contributed by atoms with Crippen LogP contribution in [0, 0.1) is 5.92 Å². The Kier molecular flexibility index (Phi) is 5.37. The number of ether oxygens (including phenoxy) is 1. The zero-order chi connectivity index (χ0) is 14.5. The number of rotatable bonds is 9. The molecule has 21 heavy (non-hydrogen) atoms. The quantitative estimate of drug-likeness (QED) is 0.746. The second-order valence-corrected chi connectivity index (χ2v) is 6.73. The van der Waals surface area contributed by atoms with Crippen LogP contribution in [0.2, 0.25) is 0 Å². The van der Waals surface area contributed by atoms with Gasteiger partial charge in [0.25, 0.3) is 0 Å². The van der Waals surface area contributed by atoms with E-state index in [9.17, 15) is 0 Å².